The molecule has 1 aliphatic rings. The van der Waals surface area contributed by atoms with Gasteiger partial charge in [-0.25, -0.2) is 0 Å². The van der Waals surface area contributed by atoms with Crippen LogP contribution < -0.4 is 5.32 Å². The first-order chi connectivity index (χ1) is 11.1. The quantitative estimate of drug-likeness (QED) is 0.933. The number of amides is 1. The van der Waals surface area contributed by atoms with Gasteiger partial charge >= 0.3 is 0 Å². The maximum absolute atomic E-state index is 12.4. The summed E-state index contributed by atoms with van der Waals surface area (Å²) in [4.78, 5) is 13.7. The number of nitrogens with zero attached hydrogens (tertiary/aromatic N) is 4. The fraction of sp³-hybridized carbons (Fsp3) is 0.500. The number of benzene rings is 1. The molecule has 7 heteroatoms. The van der Waals surface area contributed by atoms with Crippen molar-refractivity contribution >= 4 is 17.5 Å². The molecule has 1 heterocycles. The summed E-state index contributed by atoms with van der Waals surface area (Å²) in [6.45, 7) is 1.78. The summed E-state index contributed by atoms with van der Waals surface area (Å²) >= 11 is 5.98. The third-order valence-electron chi connectivity index (χ3n) is 4.19. The van der Waals surface area contributed by atoms with Crippen LogP contribution >= 0.6 is 11.6 Å². The lowest BCUT2D eigenvalue weighted by Gasteiger charge is -2.24. The number of aromatic nitrogens is 4. The van der Waals surface area contributed by atoms with Gasteiger partial charge in [-0.15, -0.1) is 10.2 Å². The van der Waals surface area contributed by atoms with Gasteiger partial charge in [0.05, 0.1) is 0 Å². The van der Waals surface area contributed by atoms with E-state index in [0.29, 0.717) is 10.8 Å². The Morgan fingerprint density at radius 3 is 2.87 bits per heavy atom. The van der Waals surface area contributed by atoms with Crippen LogP contribution in [0.5, 0.6) is 0 Å². The van der Waals surface area contributed by atoms with Crippen LogP contribution in [0.4, 0.5) is 0 Å². The van der Waals surface area contributed by atoms with Gasteiger partial charge in [0.2, 0.25) is 11.7 Å². The fourth-order valence-corrected chi connectivity index (χ4v) is 3.00. The molecule has 0 unspecified atom stereocenters. The molecule has 2 aromatic rings. The molecule has 1 amide bonds. The lowest BCUT2D eigenvalue weighted by molar-refractivity contribution is -0.125. The largest absolute Gasteiger partial charge is 0.351 e. The maximum atomic E-state index is 12.4. The molecule has 122 valence electrons. The normalized spacial score (nSPS) is 17.0. The zero-order valence-corrected chi connectivity index (χ0v) is 13.8. The van der Waals surface area contributed by atoms with Gasteiger partial charge in [-0.2, -0.15) is 4.80 Å². The van der Waals surface area contributed by atoms with E-state index in [1.807, 2.05) is 12.1 Å². The van der Waals surface area contributed by atoms with Crippen molar-refractivity contribution in [2.24, 2.45) is 0 Å². The molecule has 1 N–H and O–H groups in total. The molecular weight excluding hydrogens is 314 g/mol. The van der Waals surface area contributed by atoms with Crippen LogP contribution in [0.25, 0.3) is 11.4 Å². The van der Waals surface area contributed by atoms with E-state index < -0.39 is 6.04 Å². The molecule has 1 aromatic carbocycles. The molecule has 0 aliphatic heterocycles. The van der Waals surface area contributed by atoms with E-state index in [4.69, 9.17) is 11.6 Å². The van der Waals surface area contributed by atoms with Crippen molar-refractivity contribution in [3.8, 4) is 11.4 Å². The summed E-state index contributed by atoms with van der Waals surface area (Å²) in [5.74, 6) is 0.400. The molecule has 0 spiro atoms. The Morgan fingerprint density at radius 1 is 1.35 bits per heavy atom. The van der Waals surface area contributed by atoms with E-state index in [0.717, 1.165) is 18.4 Å². The van der Waals surface area contributed by atoms with Gasteiger partial charge in [0, 0.05) is 16.6 Å². The summed E-state index contributed by atoms with van der Waals surface area (Å²) < 4.78 is 0. The Balaban J connectivity index is 1.68. The Bertz CT molecular complexity index is 681. The van der Waals surface area contributed by atoms with Crippen LogP contribution in [0.15, 0.2) is 24.3 Å². The number of hydrogen-bond donors (Lipinski definition) is 1. The van der Waals surface area contributed by atoms with Gasteiger partial charge in [-0.3, -0.25) is 4.79 Å². The number of carbonyl (C=O) groups excluding carboxylic acids is 1. The summed E-state index contributed by atoms with van der Waals surface area (Å²) in [7, 11) is 0. The Labute approximate surface area is 140 Å². The van der Waals surface area contributed by atoms with Crippen molar-refractivity contribution < 1.29 is 4.79 Å². The summed E-state index contributed by atoms with van der Waals surface area (Å²) in [6.07, 6.45) is 5.73. The minimum atomic E-state index is -0.489. The number of hydrogen-bond acceptors (Lipinski definition) is 4. The third kappa shape index (κ3) is 3.88. The first-order valence-corrected chi connectivity index (χ1v) is 8.37. The molecule has 1 fully saturated rings. The van der Waals surface area contributed by atoms with E-state index in [9.17, 15) is 4.79 Å². The first kappa shape index (κ1) is 15.9. The molecular formula is C16H20ClN5O. The zero-order chi connectivity index (χ0) is 16.2. The fourth-order valence-electron chi connectivity index (χ4n) is 2.81. The van der Waals surface area contributed by atoms with E-state index in [1.54, 1.807) is 19.1 Å². The summed E-state index contributed by atoms with van der Waals surface area (Å²) in [6, 6.07) is 7.04. The van der Waals surface area contributed by atoms with Crippen molar-refractivity contribution in [2.45, 2.75) is 51.1 Å². The van der Waals surface area contributed by atoms with Crippen LogP contribution in [0.3, 0.4) is 0 Å². The molecule has 1 aromatic heterocycles. The van der Waals surface area contributed by atoms with Crippen molar-refractivity contribution in [1.82, 2.24) is 25.5 Å². The van der Waals surface area contributed by atoms with Crippen LogP contribution in [0.2, 0.25) is 5.02 Å². The topological polar surface area (TPSA) is 72.7 Å². The molecule has 1 saturated carbocycles. The number of rotatable bonds is 4. The molecule has 1 atom stereocenters. The maximum Gasteiger partial charge on any atom is 0.246 e. The molecule has 6 nitrogen and oxygen atoms in total. The second kappa shape index (κ2) is 7.08. The number of carbonyl (C=O) groups is 1. The molecule has 1 aliphatic carbocycles. The van der Waals surface area contributed by atoms with Crippen molar-refractivity contribution in [3.05, 3.63) is 29.3 Å². The first-order valence-electron chi connectivity index (χ1n) is 7.99. The van der Waals surface area contributed by atoms with Crippen molar-refractivity contribution in [1.29, 1.82) is 0 Å². The molecule has 0 radical (unpaired) electrons. The summed E-state index contributed by atoms with van der Waals surface area (Å²) in [5, 5.41) is 16.0. The highest BCUT2D eigenvalue weighted by Crippen LogP contribution is 2.20. The molecule has 3 rings (SSSR count). The van der Waals surface area contributed by atoms with Gasteiger partial charge in [0.25, 0.3) is 0 Å². The average molecular weight is 334 g/mol. The van der Waals surface area contributed by atoms with Crippen LogP contribution in [-0.4, -0.2) is 32.2 Å². The molecule has 0 bridgehead atoms. The Morgan fingerprint density at radius 2 is 2.13 bits per heavy atom. The molecule has 23 heavy (non-hydrogen) atoms. The number of halogens is 1. The van der Waals surface area contributed by atoms with Gasteiger partial charge in [-0.1, -0.05) is 43.0 Å². The standard InChI is InChI=1S/C16H20ClN5O/c1-11(16(23)18-14-8-3-2-4-9-14)22-20-15(19-21-22)12-6-5-7-13(17)10-12/h5-7,10-11,14H,2-4,8-9H2,1H3,(H,18,23)/t11-/m0/s1. The predicted molar refractivity (Wildman–Crippen MR) is 88.0 cm³/mol. The van der Waals surface area contributed by atoms with Gasteiger partial charge in [0.1, 0.15) is 6.04 Å². The molecule has 0 saturated heterocycles. The second-order valence-corrected chi connectivity index (χ2v) is 6.40. The van der Waals surface area contributed by atoms with Crippen molar-refractivity contribution in [2.75, 3.05) is 0 Å². The lowest BCUT2D eigenvalue weighted by atomic mass is 9.95. The van der Waals surface area contributed by atoms with E-state index >= 15 is 0 Å². The monoisotopic (exact) mass is 333 g/mol. The van der Waals surface area contributed by atoms with Gasteiger partial charge in [0.15, 0.2) is 0 Å². The van der Waals surface area contributed by atoms with Gasteiger partial charge in [-0.05, 0) is 37.1 Å². The van der Waals surface area contributed by atoms with E-state index in [-0.39, 0.29) is 11.9 Å². The highest BCUT2D eigenvalue weighted by Gasteiger charge is 2.22. The smallest absolute Gasteiger partial charge is 0.246 e. The van der Waals surface area contributed by atoms with Crippen LogP contribution in [0, 0.1) is 0 Å². The highest BCUT2D eigenvalue weighted by molar-refractivity contribution is 6.30. The van der Waals surface area contributed by atoms with Crippen LogP contribution in [0.1, 0.15) is 45.1 Å². The number of nitrogens with one attached hydrogen (secondary N) is 1. The Hall–Kier alpha value is -1.95. The zero-order valence-electron chi connectivity index (χ0n) is 13.1. The SMILES string of the molecule is C[C@@H](C(=O)NC1CCCCC1)n1nnc(-c2cccc(Cl)c2)n1. The summed E-state index contributed by atoms with van der Waals surface area (Å²) in [5.41, 5.74) is 0.781. The predicted octanol–water partition coefficient (Wildman–Crippen LogP) is 3.00. The van der Waals surface area contributed by atoms with Crippen LogP contribution in [-0.2, 0) is 4.79 Å². The average Bonchev–Trinajstić information content (AvgIpc) is 3.05. The lowest BCUT2D eigenvalue weighted by Crippen LogP contribution is -2.40. The van der Waals surface area contributed by atoms with E-state index in [2.05, 4.69) is 20.7 Å². The van der Waals surface area contributed by atoms with E-state index in [1.165, 1.54) is 24.1 Å². The minimum Gasteiger partial charge on any atom is -0.351 e. The second-order valence-electron chi connectivity index (χ2n) is 5.96. The Kier molecular flexibility index (Phi) is 4.91. The minimum absolute atomic E-state index is 0.0630. The number of tetrazole rings is 1. The van der Waals surface area contributed by atoms with Gasteiger partial charge < -0.3 is 5.32 Å². The highest BCUT2D eigenvalue weighted by atomic mass is 35.5. The van der Waals surface area contributed by atoms with Crippen molar-refractivity contribution in [3.63, 3.8) is 0 Å². The third-order valence-corrected chi connectivity index (χ3v) is 4.42.